The van der Waals surface area contributed by atoms with Crippen molar-refractivity contribution in [2.24, 2.45) is 0 Å². The predicted octanol–water partition coefficient (Wildman–Crippen LogP) is 3.67. The van der Waals surface area contributed by atoms with Crippen LogP contribution in [0.2, 0.25) is 0 Å². The highest BCUT2D eigenvalue weighted by Crippen LogP contribution is 2.31. The van der Waals surface area contributed by atoms with Gasteiger partial charge >= 0.3 is 0 Å². The number of carbonyl (C=O) groups is 1. The lowest BCUT2D eigenvalue weighted by atomic mass is 10.2. The van der Waals surface area contributed by atoms with Crippen LogP contribution >= 0.6 is 11.3 Å². The number of rotatable bonds is 5. The van der Waals surface area contributed by atoms with Gasteiger partial charge in [0.1, 0.15) is 11.5 Å². The van der Waals surface area contributed by atoms with Crippen molar-refractivity contribution in [1.29, 1.82) is 0 Å². The number of oxazole rings is 1. The molecular weight excluding hydrogens is 316 g/mol. The van der Waals surface area contributed by atoms with Crippen LogP contribution in [0.3, 0.4) is 0 Å². The van der Waals surface area contributed by atoms with E-state index in [0.717, 1.165) is 4.88 Å². The number of methoxy groups -OCH3 is 2. The summed E-state index contributed by atoms with van der Waals surface area (Å²) in [7, 11) is 3.09. The Labute approximate surface area is 136 Å². The molecule has 0 atom stereocenters. The molecule has 0 aliphatic carbocycles. The number of aromatic nitrogens is 1. The highest BCUT2D eigenvalue weighted by Gasteiger charge is 2.20. The van der Waals surface area contributed by atoms with E-state index in [-0.39, 0.29) is 11.6 Å². The Morgan fingerprint density at radius 3 is 2.83 bits per heavy atom. The van der Waals surface area contributed by atoms with Gasteiger partial charge in [0, 0.05) is 6.07 Å². The van der Waals surface area contributed by atoms with E-state index in [9.17, 15) is 4.79 Å². The molecule has 2 aromatic heterocycles. The number of carbonyl (C=O) groups excluding carboxylic acids is 1. The molecule has 0 unspecified atom stereocenters. The Hall–Kier alpha value is -2.80. The lowest BCUT2D eigenvalue weighted by molar-refractivity contribution is 0.102. The fourth-order valence-corrected chi connectivity index (χ4v) is 2.79. The summed E-state index contributed by atoms with van der Waals surface area (Å²) in [4.78, 5) is 17.4. The topological polar surface area (TPSA) is 73.6 Å². The Kier molecular flexibility index (Phi) is 4.29. The molecule has 1 aromatic carbocycles. The van der Waals surface area contributed by atoms with E-state index in [2.05, 4.69) is 10.3 Å². The number of thiophene rings is 1. The van der Waals surface area contributed by atoms with Gasteiger partial charge in [-0.2, -0.15) is 0 Å². The molecular formula is C16H14N2O4S. The summed E-state index contributed by atoms with van der Waals surface area (Å²) >= 11 is 1.48. The van der Waals surface area contributed by atoms with E-state index in [1.807, 2.05) is 17.5 Å². The van der Waals surface area contributed by atoms with Crippen molar-refractivity contribution in [2.75, 3.05) is 19.5 Å². The van der Waals surface area contributed by atoms with Crippen molar-refractivity contribution < 1.29 is 18.7 Å². The monoisotopic (exact) mass is 330 g/mol. The number of nitrogens with one attached hydrogen (secondary N) is 1. The van der Waals surface area contributed by atoms with Crippen molar-refractivity contribution in [3.63, 3.8) is 0 Å². The normalized spacial score (nSPS) is 10.3. The lowest BCUT2D eigenvalue weighted by Crippen LogP contribution is -2.14. The van der Waals surface area contributed by atoms with Crippen LogP contribution in [0.25, 0.3) is 10.6 Å². The molecule has 7 heteroatoms. The highest BCUT2D eigenvalue weighted by molar-refractivity contribution is 7.13. The number of benzene rings is 1. The minimum Gasteiger partial charge on any atom is -0.497 e. The van der Waals surface area contributed by atoms with Gasteiger partial charge in [0.15, 0.2) is 17.8 Å². The summed E-state index contributed by atoms with van der Waals surface area (Å²) in [6, 6.07) is 8.90. The zero-order valence-electron chi connectivity index (χ0n) is 12.5. The van der Waals surface area contributed by atoms with Crippen LogP contribution in [0.1, 0.15) is 10.5 Å². The molecule has 6 nitrogen and oxygen atoms in total. The standard InChI is InChI=1S/C16H14N2O4S/c1-20-10-5-6-11(12(8-10)21-2)18-16(19)14-15(22-9-17-14)13-4-3-7-23-13/h3-9H,1-2H3,(H,18,19). The number of amides is 1. The van der Waals surface area contributed by atoms with E-state index < -0.39 is 0 Å². The Balaban J connectivity index is 1.87. The van der Waals surface area contributed by atoms with Crippen LogP contribution in [0, 0.1) is 0 Å². The van der Waals surface area contributed by atoms with E-state index in [1.54, 1.807) is 25.3 Å². The summed E-state index contributed by atoms with van der Waals surface area (Å²) < 4.78 is 15.8. The number of hydrogen-bond acceptors (Lipinski definition) is 6. The predicted molar refractivity (Wildman–Crippen MR) is 87.3 cm³/mol. The van der Waals surface area contributed by atoms with Crippen LogP contribution in [-0.4, -0.2) is 25.1 Å². The first kappa shape index (κ1) is 15.1. The molecule has 23 heavy (non-hydrogen) atoms. The summed E-state index contributed by atoms with van der Waals surface area (Å²) in [6.07, 6.45) is 1.26. The second-order valence-corrected chi connectivity index (χ2v) is 5.48. The molecule has 0 fully saturated rings. The van der Waals surface area contributed by atoms with E-state index in [4.69, 9.17) is 13.9 Å². The molecule has 0 saturated heterocycles. The van der Waals surface area contributed by atoms with E-state index in [0.29, 0.717) is 22.9 Å². The zero-order chi connectivity index (χ0) is 16.2. The first-order valence-electron chi connectivity index (χ1n) is 6.73. The van der Waals surface area contributed by atoms with Crippen molar-refractivity contribution in [2.45, 2.75) is 0 Å². The number of nitrogens with zero attached hydrogens (tertiary/aromatic N) is 1. The zero-order valence-corrected chi connectivity index (χ0v) is 13.3. The van der Waals surface area contributed by atoms with E-state index >= 15 is 0 Å². The molecule has 2 heterocycles. The van der Waals surface area contributed by atoms with Gasteiger partial charge in [-0.3, -0.25) is 4.79 Å². The maximum Gasteiger partial charge on any atom is 0.278 e. The van der Waals surface area contributed by atoms with Gasteiger partial charge < -0.3 is 19.2 Å². The average molecular weight is 330 g/mol. The molecule has 1 amide bonds. The Morgan fingerprint density at radius 1 is 1.26 bits per heavy atom. The molecule has 0 radical (unpaired) electrons. The number of ether oxygens (including phenoxy) is 2. The maximum atomic E-state index is 12.5. The second kappa shape index (κ2) is 6.53. The highest BCUT2D eigenvalue weighted by atomic mass is 32.1. The Bertz CT molecular complexity index is 811. The van der Waals surface area contributed by atoms with Gasteiger partial charge in [0.2, 0.25) is 0 Å². The van der Waals surface area contributed by atoms with Crippen molar-refractivity contribution in [3.8, 4) is 22.1 Å². The van der Waals surface area contributed by atoms with Crippen LogP contribution < -0.4 is 14.8 Å². The average Bonchev–Trinajstić information content (AvgIpc) is 3.25. The third kappa shape index (κ3) is 3.04. The van der Waals surface area contributed by atoms with Crippen LogP contribution in [0.5, 0.6) is 11.5 Å². The summed E-state index contributed by atoms with van der Waals surface area (Å²) in [6.45, 7) is 0. The van der Waals surface area contributed by atoms with Gasteiger partial charge in [-0.15, -0.1) is 11.3 Å². The molecule has 3 aromatic rings. The minimum atomic E-state index is -0.370. The van der Waals surface area contributed by atoms with Crippen molar-refractivity contribution in [1.82, 2.24) is 4.98 Å². The summed E-state index contributed by atoms with van der Waals surface area (Å²) in [5.74, 6) is 1.22. The fourth-order valence-electron chi connectivity index (χ4n) is 2.07. The molecule has 0 bridgehead atoms. The third-order valence-electron chi connectivity index (χ3n) is 3.18. The van der Waals surface area contributed by atoms with Gasteiger partial charge in [-0.1, -0.05) is 6.07 Å². The minimum absolute atomic E-state index is 0.227. The van der Waals surface area contributed by atoms with Gasteiger partial charge in [0.05, 0.1) is 24.8 Å². The lowest BCUT2D eigenvalue weighted by Gasteiger charge is -2.11. The van der Waals surface area contributed by atoms with Gasteiger partial charge in [0.25, 0.3) is 5.91 Å². The Morgan fingerprint density at radius 2 is 2.13 bits per heavy atom. The smallest absolute Gasteiger partial charge is 0.278 e. The van der Waals surface area contributed by atoms with Gasteiger partial charge in [-0.05, 0) is 23.6 Å². The molecule has 0 spiro atoms. The number of anilines is 1. The van der Waals surface area contributed by atoms with Crippen molar-refractivity contribution in [3.05, 3.63) is 47.8 Å². The van der Waals surface area contributed by atoms with Crippen LogP contribution in [0.4, 0.5) is 5.69 Å². The SMILES string of the molecule is COc1ccc(NC(=O)c2ncoc2-c2cccs2)c(OC)c1. The third-order valence-corrected chi connectivity index (χ3v) is 4.05. The first-order valence-corrected chi connectivity index (χ1v) is 7.61. The number of hydrogen-bond donors (Lipinski definition) is 1. The summed E-state index contributed by atoms with van der Waals surface area (Å²) in [5, 5.41) is 4.69. The van der Waals surface area contributed by atoms with Gasteiger partial charge in [-0.25, -0.2) is 4.98 Å². The second-order valence-electron chi connectivity index (χ2n) is 4.53. The van der Waals surface area contributed by atoms with Crippen LogP contribution in [0.15, 0.2) is 46.5 Å². The molecule has 0 saturated carbocycles. The molecule has 118 valence electrons. The van der Waals surface area contributed by atoms with E-state index in [1.165, 1.54) is 24.8 Å². The van der Waals surface area contributed by atoms with Crippen molar-refractivity contribution >= 4 is 22.9 Å². The largest absolute Gasteiger partial charge is 0.497 e. The maximum absolute atomic E-state index is 12.5. The molecule has 0 aliphatic rings. The quantitative estimate of drug-likeness (QED) is 0.772. The van der Waals surface area contributed by atoms with Crippen LogP contribution in [-0.2, 0) is 0 Å². The molecule has 1 N–H and O–H groups in total. The molecule has 3 rings (SSSR count). The fraction of sp³-hybridized carbons (Fsp3) is 0.125. The molecule has 0 aliphatic heterocycles. The summed E-state index contributed by atoms with van der Waals surface area (Å²) in [5.41, 5.74) is 0.753. The first-order chi connectivity index (χ1) is 11.2.